The first-order valence-corrected chi connectivity index (χ1v) is 6.73. The Morgan fingerprint density at radius 2 is 2.11 bits per heavy atom. The lowest BCUT2D eigenvalue weighted by molar-refractivity contribution is -0.138. The lowest BCUT2D eigenvalue weighted by atomic mass is 10.0. The van der Waals surface area contributed by atoms with E-state index in [1.807, 2.05) is 0 Å². The van der Waals surface area contributed by atoms with Gasteiger partial charge in [0, 0.05) is 12.6 Å². The van der Waals surface area contributed by atoms with Gasteiger partial charge in [0.25, 0.3) is 0 Å². The van der Waals surface area contributed by atoms with Crippen LogP contribution < -0.4 is 0 Å². The summed E-state index contributed by atoms with van der Waals surface area (Å²) in [6.45, 7) is 4.08. The molecule has 1 unspecified atom stereocenters. The first-order chi connectivity index (χ1) is 8.70. The van der Waals surface area contributed by atoms with Crippen LogP contribution in [0, 0.1) is 0 Å². The number of aliphatic carboxylic acids is 1. The summed E-state index contributed by atoms with van der Waals surface area (Å²) in [4.78, 5) is 13.2. The molecule has 0 spiro atoms. The number of carboxylic acids is 1. The number of likely N-dealkylation sites (tertiary alicyclic amines) is 1. The Morgan fingerprint density at radius 1 is 1.39 bits per heavy atom. The van der Waals surface area contributed by atoms with Crippen LogP contribution in [0.2, 0.25) is 0 Å². The summed E-state index contributed by atoms with van der Waals surface area (Å²) in [5, 5.41) is 8.93. The number of aryl methyl sites for hydroxylation is 1. The van der Waals surface area contributed by atoms with Crippen LogP contribution in [-0.2, 0) is 17.8 Å². The molecule has 1 aromatic carbocycles. The predicted octanol–water partition coefficient (Wildman–Crippen LogP) is 2.69. The Labute approximate surface area is 108 Å². The maximum absolute atomic E-state index is 10.8. The summed E-state index contributed by atoms with van der Waals surface area (Å²) in [7, 11) is 0. The molecule has 1 saturated heterocycles. The van der Waals surface area contributed by atoms with E-state index >= 15 is 0 Å². The molecular formula is C15H21NO2. The fourth-order valence-electron chi connectivity index (χ4n) is 2.81. The summed E-state index contributed by atoms with van der Waals surface area (Å²) in [5.74, 6) is -0.685. The average molecular weight is 247 g/mol. The SMILES string of the molecule is CCc1ccccc1CN1CCCC1CC(=O)O. The van der Waals surface area contributed by atoms with Gasteiger partial charge in [0.15, 0.2) is 0 Å². The molecule has 1 atom stereocenters. The molecule has 1 aromatic rings. The third kappa shape index (κ3) is 3.10. The van der Waals surface area contributed by atoms with Crippen molar-refractivity contribution in [3.63, 3.8) is 0 Å². The number of benzene rings is 1. The largest absolute Gasteiger partial charge is 0.481 e. The summed E-state index contributed by atoms with van der Waals surface area (Å²) < 4.78 is 0. The highest BCUT2D eigenvalue weighted by molar-refractivity contribution is 5.67. The molecule has 3 heteroatoms. The number of carboxylic acid groups (broad SMARTS) is 1. The van der Waals surface area contributed by atoms with Crippen LogP contribution in [0.3, 0.4) is 0 Å². The van der Waals surface area contributed by atoms with Crippen LogP contribution in [0.15, 0.2) is 24.3 Å². The topological polar surface area (TPSA) is 40.5 Å². The molecule has 0 aliphatic carbocycles. The molecule has 3 nitrogen and oxygen atoms in total. The predicted molar refractivity (Wildman–Crippen MR) is 71.5 cm³/mol. The molecule has 0 saturated carbocycles. The highest BCUT2D eigenvalue weighted by Crippen LogP contribution is 2.23. The van der Waals surface area contributed by atoms with Crippen LogP contribution >= 0.6 is 0 Å². The number of hydrogen-bond acceptors (Lipinski definition) is 2. The van der Waals surface area contributed by atoms with E-state index in [0.717, 1.165) is 32.4 Å². The van der Waals surface area contributed by atoms with E-state index < -0.39 is 5.97 Å². The molecule has 0 amide bonds. The molecule has 0 bridgehead atoms. The minimum Gasteiger partial charge on any atom is -0.481 e. The molecule has 1 aliphatic rings. The molecule has 2 rings (SSSR count). The van der Waals surface area contributed by atoms with Crippen LogP contribution in [0.4, 0.5) is 0 Å². The highest BCUT2D eigenvalue weighted by Gasteiger charge is 2.26. The zero-order chi connectivity index (χ0) is 13.0. The van der Waals surface area contributed by atoms with E-state index in [1.54, 1.807) is 0 Å². The van der Waals surface area contributed by atoms with Gasteiger partial charge in [0.1, 0.15) is 0 Å². The minimum absolute atomic E-state index is 0.215. The Hall–Kier alpha value is -1.35. The zero-order valence-corrected chi connectivity index (χ0v) is 10.9. The van der Waals surface area contributed by atoms with Crippen molar-refractivity contribution in [1.82, 2.24) is 4.90 Å². The third-order valence-corrected chi connectivity index (χ3v) is 3.78. The maximum Gasteiger partial charge on any atom is 0.304 e. The zero-order valence-electron chi connectivity index (χ0n) is 10.9. The summed E-state index contributed by atoms with van der Waals surface area (Å²) >= 11 is 0. The van der Waals surface area contributed by atoms with Crippen molar-refractivity contribution >= 4 is 5.97 Å². The molecule has 98 valence electrons. The van der Waals surface area contributed by atoms with Gasteiger partial charge in [-0.15, -0.1) is 0 Å². The summed E-state index contributed by atoms with van der Waals surface area (Å²) in [5.41, 5.74) is 2.72. The second-order valence-electron chi connectivity index (χ2n) is 4.99. The fraction of sp³-hybridized carbons (Fsp3) is 0.533. The van der Waals surface area contributed by atoms with E-state index in [-0.39, 0.29) is 12.5 Å². The van der Waals surface area contributed by atoms with Gasteiger partial charge in [-0.3, -0.25) is 9.69 Å². The Kier molecular flexibility index (Phi) is 4.37. The Balaban J connectivity index is 2.05. The summed E-state index contributed by atoms with van der Waals surface area (Å²) in [6.07, 6.45) is 3.44. The molecule has 1 fully saturated rings. The van der Waals surface area contributed by atoms with Gasteiger partial charge in [-0.25, -0.2) is 0 Å². The number of carbonyl (C=O) groups is 1. The van der Waals surface area contributed by atoms with Gasteiger partial charge < -0.3 is 5.11 Å². The second kappa shape index (κ2) is 6.01. The molecular weight excluding hydrogens is 226 g/mol. The molecule has 0 radical (unpaired) electrons. The van der Waals surface area contributed by atoms with E-state index in [2.05, 4.69) is 36.1 Å². The fourth-order valence-corrected chi connectivity index (χ4v) is 2.81. The van der Waals surface area contributed by atoms with Crippen molar-refractivity contribution in [2.75, 3.05) is 6.54 Å². The normalized spacial score (nSPS) is 20.2. The first-order valence-electron chi connectivity index (χ1n) is 6.73. The van der Waals surface area contributed by atoms with Crippen LogP contribution in [-0.4, -0.2) is 28.6 Å². The average Bonchev–Trinajstić information content (AvgIpc) is 2.76. The summed E-state index contributed by atoms with van der Waals surface area (Å²) in [6, 6.07) is 8.68. The van der Waals surface area contributed by atoms with Crippen molar-refractivity contribution in [2.24, 2.45) is 0 Å². The van der Waals surface area contributed by atoms with Crippen LogP contribution in [0.25, 0.3) is 0 Å². The molecule has 1 heterocycles. The van der Waals surface area contributed by atoms with Gasteiger partial charge in [0.2, 0.25) is 0 Å². The van der Waals surface area contributed by atoms with Crippen molar-refractivity contribution in [1.29, 1.82) is 0 Å². The van der Waals surface area contributed by atoms with E-state index in [9.17, 15) is 4.79 Å². The van der Waals surface area contributed by atoms with Gasteiger partial charge in [-0.1, -0.05) is 31.2 Å². The van der Waals surface area contributed by atoms with Crippen molar-refractivity contribution < 1.29 is 9.90 Å². The number of nitrogens with zero attached hydrogens (tertiary/aromatic N) is 1. The highest BCUT2D eigenvalue weighted by atomic mass is 16.4. The van der Waals surface area contributed by atoms with Crippen LogP contribution in [0.1, 0.15) is 37.3 Å². The number of hydrogen-bond donors (Lipinski definition) is 1. The second-order valence-corrected chi connectivity index (χ2v) is 4.99. The maximum atomic E-state index is 10.8. The van der Waals surface area contributed by atoms with Gasteiger partial charge >= 0.3 is 5.97 Å². The van der Waals surface area contributed by atoms with E-state index in [1.165, 1.54) is 11.1 Å². The van der Waals surface area contributed by atoms with E-state index in [4.69, 9.17) is 5.11 Å². The minimum atomic E-state index is -0.685. The molecule has 1 aliphatic heterocycles. The smallest absolute Gasteiger partial charge is 0.304 e. The van der Waals surface area contributed by atoms with Crippen molar-refractivity contribution in [2.45, 2.75) is 45.2 Å². The van der Waals surface area contributed by atoms with Crippen molar-refractivity contribution in [3.8, 4) is 0 Å². The van der Waals surface area contributed by atoms with Crippen LogP contribution in [0.5, 0.6) is 0 Å². The number of rotatable bonds is 5. The molecule has 1 N–H and O–H groups in total. The quantitative estimate of drug-likeness (QED) is 0.869. The van der Waals surface area contributed by atoms with E-state index in [0.29, 0.717) is 0 Å². The lowest BCUT2D eigenvalue weighted by Gasteiger charge is -2.24. The van der Waals surface area contributed by atoms with Crippen molar-refractivity contribution in [3.05, 3.63) is 35.4 Å². The monoisotopic (exact) mass is 247 g/mol. The molecule has 18 heavy (non-hydrogen) atoms. The van der Waals surface area contributed by atoms with Gasteiger partial charge in [0.05, 0.1) is 6.42 Å². The first kappa shape index (κ1) is 13.1. The Bertz CT molecular complexity index is 417. The standard InChI is InChI=1S/C15H21NO2/c1-2-12-6-3-4-7-13(12)11-16-9-5-8-14(16)10-15(17)18/h3-4,6-7,14H,2,5,8-11H2,1H3,(H,17,18). The lowest BCUT2D eigenvalue weighted by Crippen LogP contribution is -2.31. The third-order valence-electron chi connectivity index (χ3n) is 3.78. The Morgan fingerprint density at radius 3 is 2.78 bits per heavy atom. The van der Waals surface area contributed by atoms with Gasteiger partial charge in [-0.2, -0.15) is 0 Å². The van der Waals surface area contributed by atoms with Gasteiger partial charge in [-0.05, 0) is 36.9 Å². The molecule has 0 aromatic heterocycles.